The Kier molecular flexibility index (Phi) is 9.40. The van der Waals surface area contributed by atoms with Gasteiger partial charge in [0.1, 0.15) is 5.54 Å². The van der Waals surface area contributed by atoms with E-state index < -0.39 is 5.54 Å². The second-order valence-corrected chi connectivity index (χ2v) is 13.8. The molecule has 238 valence electrons. The van der Waals surface area contributed by atoms with Crippen molar-refractivity contribution in [2.45, 2.75) is 57.4 Å². The highest BCUT2D eigenvalue weighted by Gasteiger charge is 2.39. The molecule has 3 N–H and O–H groups in total. The first-order valence-corrected chi connectivity index (χ1v) is 17.7. The molecule has 0 radical (unpaired) electrons. The van der Waals surface area contributed by atoms with E-state index >= 15 is 0 Å². The van der Waals surface area contributed by atoms with Crippen molar-refractivity contribution in [3.63, 3.8) is 0 Å². The topological polar surface area (TPSA) is 38.0 Å². The van der Waals surface area contributed by atoms with E-state index in [1.165, 1.54) is 76.3 Å². The summed E-state index contributed by atoms with van der Waals surface area (Å²) in [5, 5.41) is 6.53. The third kappa shape index (κ3) is 6.58. The van der Waals surface area contributed by atoms with Crippen LogP contribution in [0.15, 0.2) is 145 Å². The number of nitrogens with two attached hydrogens (primary N) is 1. The Morgan fingerprint density at radius 1 is 0.872 bits per heavy atom. The molecule has 47 heavy (non-hydrogen) atoms. The van der Waals surface area contributed by atoms with Crippen LogP contribution in [0.2, 0.25) is 0 Å². The fourth-order valence-corrected chi connectivity index (χ4v) is 8.02. The van der Waals surface area contributed by atoms with E-state index in [4.69, 9.17) is 5.73 Å². The fraction of sp³-hybridized carbons (Fsp3) is 0.289. The molecule has 0 spiro atoms. The number of benzene rings is 4. The highest BCUT2D eigenvalue weighted by Crippen LogP contribution is 2.45. The number of allylic oxidation sites excluding steroid dienone is 8. The molecule has 1 fully saturated rings. The van der Waals surface area contributed by atoms with Crippen molar-refractivity contribution in [2.75, 3.05) is 11.9 Å². The van der Waals surface area contributed by atoms with Crippen LogP contribution in [-0.4, -0.2) is 6.54 Å². The Morgan fingerprint density at radius 3 is 2.45 bits per heavy atom. The van der Waals surface area contributed by atoms with E-state index in [2.05, 4.69) is 152 Å². The van der Waals surface area contributed by atoms with Gasteiger partial charge in [-0.25, -0.2) is 0 Å². The van der Waals surface area contributed by atoms with Gasteiger partial charge in [-0.3, -0.25) is 0 Å². The Hall–Kier alpha value is -4.40. The molecular formula is C45H48N2. The van der Waals surface area contributed by atoms with Crippen molar-refractivity contribution in [3.05, 3.63) is 156 Å². The number of hydrogen-bond acceptors (Lipinski definition) is 2. The van der Waals surface area contributed by atoms with Gasteiger partial charge >= 0.3 is 0 Å². The van der Waals surface area contributed by atoms with Gasteiger partial charge in [-0.1, -0.05) is 154 Å². The van der Waals surface area contributed by atoms with E-state index in [9.17, 15) is 0 Å². The van der Waals surface area contributed by atoms with Crippen LogP contribution in [0.3, 0.4) is 0 Å². The molecule has 0 amide bonds. The molecule has 2 nitrogen and oxygen atoms in total. The molecule has 3 aliphatic carbocycles. The highest BCUT2D eigenvalue weighted by molar-refractivity contribution is 5.88. The van der Waals surface area contributed by atoms with Gasteiger partial charge in [-0.2, -0.15) is 0 Å². The van der Waals surface area contributed by atoms with Crippen molar-refractivity contribution < 1.29 is 0 Å². The maximum atomic E-state index is 7.05. The monoisotopic (exact) mass is 616 g/mol. The molecule has 3 atom stereocenters. The average molecular weight is 617 g/mol. The summed E-state index contributed by atoms with van der Waals surface area (Å²) in [5.41, 5.74) is 15.0. The van der Waals surface area contributed by atoms with Gasteiger partial charge in [0.15, 0.2) is 0 Å². The van der Waals surface area contributed by atoms with Crippen molar-refractivity contribution in [1.82, 2.24) is 0 Å². The highest BCUT2D eigenvalue weighted by atomic mass is 15.0. The van der Waals surface area contributed by atoms with Crippen LogP contribution in [0.1, 0.15) is 63.0 Å². The summed E-state index contributed by atoms with van der Waals surface area (Å²) in [6.07, 6.45) is 27.9. The van der Waals surface area contributed by atoms with E-state index in [0.29, 0.717) is 18.4 Å². The first kappa shape index (κ1) is 31.2. The fourth-order valence-electron chi connectivity index (χ4n) is 8.02. The molecule has 0 bridgehead atoms. The van der Waals surface area contributed by atoms with Crippen molar-refractivity contribution >= 4 is 22.0 Å². The molecule has 0 aliphatic heterocycles. The summed E-state index contributed by atoms with van der Waals surface area (Å²) in [4.78, 5) is 0. The molecule has 4 aromatic rings. The standard InChI is InChI=1S/C45H48N2/c1-33-30-40(28-26-35(33)23-12-16-34-14-4-2-5-15-34)45(32-46,47-41-29-27-36-17-8-11-22-39(36)31-41)43-25-13-24-42(37-18-9-10-19-37)44(43)38-20-6-3-7-21-38/h3,6-13,16-18,20-22,24-31,33-35,47H,2,4-5,14-15,19,23,32,46H2,1H3. The van der Waals surface area contributed by atoms with Crippen LogP contribution in [0, 0.1) is 17.8 Å². The predicted molar refractivity (Wildman–Crippen MR) is 202 cm³/mol. The first-order valence-electron chi connectivity index (χ1n) is 17.7. The largest absolute Gasteiger partial charge is 0.370 e. The van der Waals surface area contributed by atoms with Crippen molar-refractivity contribution in [2.24, 2.45) is 23.5 Å². The quantitative estimate of drug-likeness (QED) is 0.174. The van der Waals surface area contributed by atoms with E-state index in [0.717, 1.165) is 24.4 Å². The van der Waals surface area contributed by atoms with Crippen molar-refractivity contribution in [3.8, 4) is 11.1 Å². The van der Waals surface area contributed by atoms with Gasteiger partial charge in [0.05, 0.1) is 0 Å². The molecule has 3 aliphatic rings. The number of hydrogen-bond donors (Lipinski definition) is 2. The second kappa shape index (κ2) is 14.2. The maximum Gasteiger partial charge on any atom is 0.101 e. The molecule has 0 aromatic heterocycles. The molecule has 3 unspecified atom stereocenters. The number of fused-ring (bicyclic) bond motifs is 1. The van der Waals surface area contributed by atoms with Crippen LogP contribution in [0.5, 0.6) is 0 Å². The molecule has 0 saturated heterocycles. The molecule has 1 saturated carbocycles. The lowest BCUT2D eigenvalue weighted by atomic mass is 9.72. The van der Waals surface area contributed by atoms with Gasteiger partial charge in [-0.05, 0) is 99.7 Å². The third-order valence-corrected chi connectivity index (χ3v) is 10.7. The Labute approximate surface area is 281 Å². The summed E-state index contributed by atoms with van der Waals surface area (Å²) >= 11 is 0. The second-order valence-electron chi connectivity index (χ2n) is 13.8. The number of nitrogens with one attached hydrogen (secondary N) is 1. The lowest BCUT2D eigenvalue weighted by Gasteiger charge is -2.41. The lowest BCUT2D eigenvalue weighted by molar-refractivity contribution is 0.417. The Morgan fingerprint density at radius 2 is 1.68 bits per heavy atom. The zero-order chi connectivity index (χ0) is 32.1. The summed E-state index contributed by atoms with van der Waals surface area (Å²) in [5.74, 6) is 1.63. The molecule has 0 heterocycles. The minimum absolute atomic E-state index is 0.389. The van der Waals surface area contributed by atoms with Crippen LogP contribution in [0.4, 0.5) is 5.69 Å². The Balaban J connectivity index is 1.33. The van der Waals surface area contributed by atoms with Crippen LogP contribution >= 0.6 is 0 Å². The number of rotatable bonds is 10. The van der Waals surface area contributed by atoms with E-state index in [-0.39, 0.29) is 0 Å². The summed E-state index contributed by atoms with van der Waals surface area (Å²) in [7, 11) is 0. The van der Waals surface area contributed by atoms with Gasteiger partial charge in [0.25, 0.3) is 0 Å². The minimum Gasteiger partial charge on any atom is -0.370 e. The van der Waals surface area contributed by atoms with E-state index in [1.54, 1.807) is 0 Å². The zero-order valence-corrected chi connectivity index (χ0v) is 27.7. The summed E-state index contributed by atoms with van der Waals surface area (Å²) in [6, 6.07) is 32.9. The molecule has 2 heteroatoms. The van der Waals surface area contributed by atoms with Crippen molar-refractivity contribution in [1.29, 1.82) is 0 Å². The van der Waals surface area contributed by atoms with Gasteiger partial charge in [0.2, 0.25) is 0 Å². The average Bonchev–Trinajstić information content (AvgIpc) is 3.67. The van der Waals surface area contributed by atoms with Gasteiger partial charge < -0.3 is 11.1 Å². The lowest BCUT2D eigenvalue weighted by Crippen LogP contribution is -2.45. The summed E-state index contributed by atoms with van der Waals surface area (Å²) < 4.78 is 0. The SMILES string of the molecule is CC1C=C(C(CN)(Nc2ccc3ccccc3c2)c2cccc(C3=CC=CC3)c2-c2ccccc2)C=CC1CC=CC1CCCCC1. The van der Waals surface area contributed by atoms with Gasteiger partial charge in [-0.15, -0.1) is 0 Å². The predicted octanol–water partition coefficient (Wildman–Crippen LogP) is 11.4. The van der Waals surface area contributed by atoms with Gasteiger partial charge in [0, 0.05) is 12.2 Å². The van der Waals surface area contributed by atoms with E-state index in [1.807, 2.05) is 0 Å². The smallest absolute Gasteiger partial charge is 0.101 e. The Bertz CT molecular complexity index is 1850. The third-order valence-electron chi connectivity index (χ3n) is 10.7. The molecular weight excluding hydrogens is 569 g/mol. The maximum absolute atomic E-state index is 7.05. The molecule has 7 rings (SSSR count). The van der Waals surface area contributed by atoms with Crippen LogP contribution < -0.4 is 11.1 Å². The molecule has 4 aromatic carbocycles. The summed E-state index contributed by atoms with van der Waals surface area (Å²) in [6.45, 7) is 2.79. The number of anilines is 1. The zero-order valence-electron chi connectivity index (χ0n) is 27.7. The van der Waals surface area contributed by atoms with Crippen LogP contribution in [0.25, 0.3) is 27.5 Å². The first-order chi connectivity index (χ1) is 23.1. The minimum atomic E-state index is -0.649. The van der Waals surface area contributed by atoms with Crippen LogP contribution in [-0.2, 0) is 5.54 Å². The normalized spacial score (nSPS) is 21.1.